The van der Waals surface area contributed by atoms with Crippen LogP contribution in [0.1, 0.15) is 18.5 Å². The summed E-state index contributed by atoms with van der Waals surface area (Å²) < 4.78 is 12.8. The highest BCUT2D eigenvalue weighted by Gasteiger charge is 2.17. The highest BCUT2D eigenvalue weighted by atomic mass is 19.1. The first-order valence-corrected chi connectivity index (χ1v) is 5.36. The summed E-state index contributed by atoms with van der Waals surface area (Å²) in [6.07, 6.45) is 1.66. The maximum Gasteiger partial charge on any atom is 0.317 e. The number of hydrogen-bond donors (Lipinski definition) is 1. The Hall–Kier alpha value is -1.68. The second kappa shape index (κ2) is 6.15. The van der Waals surface area contributed by atoms with Gasteiger partial charge in [0.25, 0.3) is 0 Å². The SMILES string of the molecule is C=CCN(CC(=O)O)C(C)c1ccc(F)cc1. The fourth-order valence-corrected chi connectivity index (χ4v) is 1.65. The highest BCUT2D eigenvalue weighted by molar-refractivity contribution is 5.69. The Kier molecular flexibility index (Phi) is 4.84. The Labute approximate surface area is 100 Å². The van der Waals surface area contributed by atoms with Gasteiger partial charge in [0, 0.05) is 12.6 Å². The van der Waals surface area contributed by atoms with E-state index in [1.165, 1.54) is 12.1 Å². The lowest BCUT2D eigenvalue weighted by molar-refractivity contribution is -0.138. The van der Waals surface area contributed by atoms with Crippen LogP contribution in [0.3, 0.4) is 0 Å². The smallest absolute Gasteiger partial charge is 0.317 e. The molecule has 4 heteroatoms. The topological polar surface area (TPSA) is 40.5 Å². The van der Waals surface area contributed by atoms with Crippen LogP contribution in [0.5, 0.6) is 0 Å². The molecule has 0 fully saturated rings. The van der Waals surface area contributed by atoms with Crippen LogP contribution < -0.4 is 0 Å². The Morgan fingerprint density at radius 3 is 2.59 bits per heavy atom. The summed E-state index contributed by atoms with van der Waals surface area (Å²) in [5.41, 5.74) is 0.884. The zero-order chi connectivity index (χ0) is 12.8. The van der Waals surface area contributed by atoms with Gasteiger partial charge >= 0.3 is 5.97 Å². The van der Waals surface area contributed by atoms with Crippen LogP contribution in [-0.4, -0.2) is 29.1 Å². The van der Waals surface area contributed by atoms with Crippen molar-refractivity contribution in [3.8, 4) is 0 Å². The predicted octanol–water partition coefficient (Wildman–Crippen LogP) is 2.46. The molecule has 0 saturated carbocycles. The number of carboxylic acid groups (broad SMARTS) is 1. The van der Waals surface area contributed by atoms with Gasteiger partial charge in [0.1, 0.15) is 5.82 Å². The lowest BCUT2D eigenvalue weighted by atomic mass is 10.1. The van der Waals surface area contributed by atoms with Gasteiger partial charge in [-0.1, -0.05) is 18.2 Å². The Balaban J connectivity index is 2.82. The average Bonchev–Trinajstić information content (AvgIpc) is 2.28. The molecule has 0 aliphatic rings. The van der Waals surface area contributed by atoms with E-state index in [-0.39, 0.29) is 18.4 Å². The quantitative estimate of drug-likeness (QED) is 0.773. The normalized spacial score (nSPS) is 12.4. The number of rotatable bonds is 6. The minimum Gasteiger partial charge on any atom is -0.480 e. The van der Waals surface area contributed by atoms with Crippen LogP contribution in [0.4, 0.5) is 4.39 Å². The van der Waals surface area contributed by atoms with Crippen molar-refractivity contribution in [1.82, 2.24) is 4.90 Å². The lowest BCUT2D eigenvalue weighted by Crippen LogP contribution is -2.32. The molecule has 0 spiro atoms. The predicted molar refractivity (Wildman–Crippen MR) is 64.2 cm³/mol. The number of carbonyl (C=O) groups is 1. The summed E-state index contributed by atoms with van der Waals surface area (Å²) in [6, 6.07) is 5.98. The number of nitrogens with zero attached hydrogens (tertiary/aromatic N) is 1. The molecule has 0 aliphatic heterocycles. The number of halogens is 1. The molecular weight excluding hydrogens is 221 g/mol. The third-order valence-electron chi connectivity index (χ3n) is 2.60. The molecule has 1 unspecified atom stereocenters. The average molecular weight is 237 g/mol. The Morgan fingerprint density at radius 1 is 1.53 bits per heavy atom. The van der Waals surface area contributed by atoms with Crippen molar-refractivity contribution in [3.05, 3.63) is 48.3 Å². The second-order valence-corrected chi connectivity index (χ2v) is 3.84. The van der Waals surface area contributed by atoms with E-state index in [2.05, 4.69) is 6.58 Å². The van der Waals surface area contributed by atoms with Crippen molar-refractivity contribution in [1.29, 1.82) is 0 Å². The number of aliphatic carboxylic acids is 1. The van der Waals surface area contributed by atoms with Gasteiger partial charge in [-0.25, -0.2) is 4.39 Å². The fourth-order valence-electron chi connectivity index (χ4n) is 1.65. The van der Waals surface area contributed by atoms with Crippen LogP contribution in [0.2, 0.25) is 0 Å². The van der Waals surface area contributed by atoms with Gasteiger partial charge in [0.15, 0.2) is 0 Å². The molecule has 92 valence electrons. The van der Waals surface area contributed by atoms with E-state index < -0.39 is 5.97 Å². The van der Waals surface area contributed by atoms with Crippen LogP contribution in [-0.2, 0) is 4.79 Å². The first-order chi connectivity index (χ1) is 8.04. The molecule has 0 bridgehead atoms. The van der Waals surface area contributed by atoms with Gasteiger partial charge in [-0.15, -0.1) is 6.58 Å². The fraction of sp³-hybridized carbons (Fsp3) is 0.308. The first kappa shape index (κ1) is 13.4. The second-order valence-electron chi connectivity index (χ2n) is 3.84. The third-order valence-corrected chi connectivity index (χ3v) is 2.60. The largest absolute Gasteiger partial charge is 0.480 e. The molecule has 1 aromatic carbocycles. The van der Waals surface area contributed by atoms with E-state index in [9.17, 15) is 9.18 Å². The zero-order valence-corrected chi connectivity index (χ0v) is 9.77. The van der Waals surface area contributed by atoms with E-state index >= 15 is 0 Å². The summed E-state index contributed by atoms with van der Waals surface area (Å²) in [6.45, 7) is 5.90. The van der Waals surface area contributed by atoms with Crippen molar-refractivity contribution in [2.75, 3.05) is 13.1 Å². The van der Waals surface area contributed by atoms with E-state index in [4.69, 9.17) is 5.11 Å². The molecule has 0 aliphatic carbocycles. The molecule has 0 saturated heterocycles. The lowest BCUT2D eigenvalue weighted by Gasteiger charge is -2.26. The first-order valence-electron chi connectivity index (χ1n) is 5.36. The highest BCUT2D eigenvalue weighted by Crippen LogP contribution is 2.19. The van der Waals surface area contributed by atoms with E-state index in [0.717, 1.165) is 5.56 Å². The van der Waals surface area contributed by atoms with Crippen LogP contribution in [0.25, 0.3) is 0 Å². The molecule has 1 atom stereocenters. The van der Waals surface area contributed by atoms with Crippen molar-refractivity contribution < 1.29 is 14.3 Å². The maximum absolute atomic E-state index is 12.8. The summed E-state index contributed by atoms with van der Waals surface area (Å²) in [4.78, 5) is 12.5. The molecule has 0 radical (unpaired) electrons. The van der Waals surface area contributed by atoms with Gasteiger partial charge in [-0.05, 0) is 24.6 Å². The van der Waals surface area contributed by atoms with Crippen molar-refractivity contribution in [2.45, 2.75) is 13.0 Å². The molecule has 3 nitrogen and oxygen atoms in total. The monoisotopic (exact) mass is 237 g/mol. The summed E-state index contributed by atoms with van der Waals surface area (Å²) in [5, 5.41) is 8.81. The zero-order valence-electron chi connectivity index (χ0n) is 9.77. The number of carboxylic acids is 1. The van der Waals surface area contributed by atoms with Gasteiger partial charge in [0.05, 0.1) is 6.54 Å². The molecule has 0 aromatic heterocycles. The van der Waals surface area contributed by atoms with Gasteiger partial charge < -0.3 is 5.11 Å². The summed E-state index contributed by atoms with van der Waals surface area (Å²) in [5.74, 6) is -1.18. The summed E-state index contributed by atoms with van der Waals surface area (Å²) in [7, 11) is 0. The van der Waals surface area contributed by atoms with E-state index in [1.54, 1.807) is 23.1 Å². The van der Waals surface area contributed by atoms with Gasteiger partial charge in [-0.2, -0.15) is 0 Å². The molecule has 1 N–H and O–H groups in total. The summed E-state index contributed by atoms with van der Waals surface area (Å²) >= 11 is 0. The third kappa shape index (κ3) is 4.00. The molecule has 17 heavy (non-hydrogen) atoms. The Bertz CT molecular complexity index is 389. The molecule has 1 rings (SSSR count). The van der Waals surface area contributed by atoms with E-state index in [0.29, 0.717) is 6.54 Å². The van der Waals surface area contributed by atoms with E-state index in [1.807, 2.05) is 6.92 Å². The van der Waals surface area contributed by atoms with Crippen LogP contribution in [0, 0.1) is 5.82 Å². The minimum absolute atomic E-state index is 0.0649. The number of hydrogen-bond acceptors (Lipinski definition) is 2. The van der Waals surface area contributed by atoms with Crippen molar-refractivity contribution >= 4 is 5.97 Å². The van der Waals surface area contributed by atoms with Gasteiger partial charge in [-0.3, -0.25) is 9.69 Å². The molecule has 0 heterocycles. The molecular formula is C13H16FNO2. The molecule has 1 aromatic rings. The number of benzene rings is 1. The van der Waals surface area contributed by atoms with Crippen molar-refractivity contribution in [3.63, 3.8) is 0 Å². The minimum atomic E-state index is -0.888. The van der Waals surface area contributed by atoms with Crippen LogP contribution in [0.15, 0.2) is 36.9 Å². The standard InChI is InChI=1S/C13H16FNO2/c1-3-8-15(9-13(16)17)10(2)11-4-6-12(14)7-5-11/h3-7,10H,1,8-9H2,2H3,(H,16,17). The van der Waals surface area contributed by atoms with Gasteiger partial charge in [0.2, 0.25) is 0 Å². The van der Waals surface area contributed by atoms with Crippen LogP contribution >= 0.6 is 0 Å². The Morgan fingerprint density at radius 2 is 2.12 bits per heavy atom. The maximum atomic E-state index is 12.8. The van der Waals surface area contributed by atoms with Crippen molar-refractivity contribution in [2.24, 2.45) is 0 Å². The molecule has 0 amide bonds.